The first-order valence-electron chi connectivity index (χ1n) is 4.96. The van der Waals surface area contributed by atoms with E-state index in [1.54, 1.807) is 11.6 Å². The fourth-order valence-corrected chi connectivity index (χ4v) is 2.39. The van der Waals surface area contributed by atoms with Crippen molar-refractivity contribution in [2.75, 3.05) is 6.54 Å². The molecule has 0 heterocycles. The number of aliphatic hydroxyl groups excluding tert-OH is 1. The Kier molecular flexibility index (Phi) is 4.71. The van der Waals surface area contributed by atoms with Gasteiger partial charge in [-0.1, -0.05) is 6.07 Å². The van der Waals surface area contributed by atoms with E-state index in [-0.39, 0.29) is 0 Å². The average Bonchev–Trinajstić information content (AvgIpc) is 2.29. The van der Waals surface area contributed by atoms with Gasteiger partial charge in [-0.2, -0.15) is 0 Å². The molecular formula is C10H12F3NO3S. The van der Waals surface area contributed by atoms with Crippen LogP contribution in [0.1, 0.15) is 5.56 Å². The van der Waals surface area contributed by atoms with Crippen LogP contribution >= 0.6 is 0 Å². The van der Waals surface area contributed by atoms with Crippen LogP contribution in [0.15, 0.2) is 23.1 Å². The quantitative estimate of drug-likeness (QED) is 0.848. The normalized spacial score (nSPS) is 13.9. The molecule has 1 aromatic rings. The van der Waals surface area contributed by atoms with Crippen LogP contribution in [-0.4, -0.2) is 32.6 Å². The lowest BCUT2D eigenvalue weighted by molar-refractivity contribution is -0.000456. The van der Waals surface area contributed by atoms with Crippen molar-refractivity contribution in [3.8, 4) is 0 Å². The molecule has 1 aromatic carbocycles. The minimum absolute atomic E-state index is 0.506. The molecule has 102 valence electrons. The van der Waals surface area contributed by atoms with Gasteiger partial charge in [-0.25, -0.2) is 26.3 Å². The monoisotopic (exact) mass is 283 g/mol. The number of hydrogen-bond donors (Lipinski definition) is 2. The Labute approximate surface area is 102 Å². The molecule has 0 bridgehead atoms. The van der Waals surface area contributed by atoms with Crippen molar-refractivity contribution in [2.24, 2.45) is 0 Å². The molecule has 18 heavy (non-hydrogen) atoms. The van der Waals surface area contributed by atoms with Crippen LogP contribution in [0.3, 0.4) is 0 Å². The SMILES string of the molecule is Cc1ccc(F)c(S(=O)(=O)NCC(O)C(F)F)c1. The Bertz CT molecular complexity index is 519. The lowest BCUT2D eigenvalue weighted by Crippen LogP contribution is -2.36. The van der Waals surface area contributed by atoms with Gasteiger partial charge in [0.2, 0.25) is 10.0 Å². The molecular weight excluding hydrogens is 271 g/mol. The third-order valence-electron chi connectivity index (χ3n) is 2.15. The van der Waals surface area contributed by atoms with Gasteiger partial charge < -0.3 is 5.11 Å². The molecule has 0 spiro atoms. The Morgan fingerprint density at radius 2 is 2.00 bits per heavy atom. The molecule has 8 heteroatoms. The summed E-state index contributed by atoms with van der Waals surface area (Å²) in [5.74, 6) is -0.986. The topological polar surface area (TPSA) is 66.4 Å². The maximum Gasteiger partial charge on any atom is 0.265 e. The maximum absolute atomic E-state index is 13.3. The number of alkyl halides is 2. The molecule has 0 aliphatic carbocycles. The third-order valence-corrected chi connectivity index (χ3v) is 3.59. The van der Waals surface area contributed by atoms with Crippen molar-refractivity contribution in [3.63, 3.8) is 0 Å². The zero-order valence-electron chi connectivity index (χ0n) is 9.40. The van der Waals surface area contributed by atoms with E-state index < -0.39 is 39.8 Å². The van der Waals surface area contributed by atoms with Crippen LogP contribution in [0, 0.1) is 12.7 Å². The predicted octanol–water partition coefficient (Wildman–Crippen LogP) is 1.04. The van der Waals surface area contributed by atoms with E-state index in [0.717, 1.165) is 12.1 Å². The van der Waals surface area contributed by atoms with Gasteiger partial charge in [0, 0.05) is 6.54 Å². The first kappa shape index (κ1) is 14.9. The number of nitrogens with one attached hydrogen (secondary N) is 1. The maximum atomic E-state index is 13.3. The van der Waals surface area contributed by atoms with Gasteiger partial charge >= 0.3 is 0 Å². The van der Waals surface area contributed by atoms with Crippen LogP contribution in [0.25, 0.3) is 0 Å². The van der Waals surface area contributed by atoms with Gasteiger partial charge in [-0.3, -0.25) is 0 Å². The second-order valence-electron chi connectivity index (χ2n) is 3.69. The number of sulfonamides is 1. The summed E-state index contributed by atoms with van der Waals surface area (Å²) in [5, 5.41) is 8.79. The Hall–Kier alpha value is -1.12. The van der Waals surface area contributed by atoms with Crippen molar-refractivity contribution >= 4 is 10.0 Å². The molecule has 0 aliphatic rings. The van der Waals surface area contributed by atoms with Crippen LogP contribution in [-0.2, 0) is 10.0 Å². The van der Waals surface area contributed by atoms with E-state index in [1.165, 1.54) is 6.07 Å². The molecule has 0 radical (unpaired) electrons. The highest BCUT2D eigenvalue weighted by molar-refractivity contribution is 7.89. The molecule has 1 rings (SSSR count). The number of aryl methyl sites for hydroxylation is 1. The van der Waals surface area contributed by atoms with Gasteiger partial charge in [0.15, 0.2) is 0 Å². The standard InChI is InChI=1S/C10H12F3NO3S/c1-6-2-3-7(11)9(4-6)18(16,17)14-5-8(15)10(12)13/h2-4,8,10,14-15H,5H2,1H3. The molecule has 0 saturated carbocycles. The molecule has 0 fully saturated rings. The first-order valence-corrected chi connectivity index (χ1v) is 6.44. The third kappa shape index (κ3) is 3.69. The summed E-state index contributed by atoms with van der Waals surface area (Å²) < 4.78 is 62.3. The van der Waals surface area contributed by atoms with Crippen LogP contribution < -0.4 is 4.72 Å². The Morgan fingerprint density at radius 3 is 2.56 bits per heavy atom. The van der Waals surface area contributed by atoms with E-state index in [2.05, 4.69) is 0 Å². The number of rotatable bonds is 5. The van der Waals surface area contributed by atoms with E-state index in [4.69, 9.17) is 5.11 Å². The summed E-state index contributed by atoms with van der Waals surface area (Å²) >= 11 is 0. The summed E-state index contributed by atoms with van der Waals surface area (Å²) in [5.41, 5.74) is 0.506. The Morgan fingerprint density at radius 1 is 1.39 bits per heavy atom. The van der Waals surface area contributed by atoms with Crippen LogP contribution in [0.5, 0.6) is 0 Å². The molecule has 0 aromatic heterocycles. The van der Waals surface area contributed by atoms with Crippen LogP contribution in [0.2, 0.25) is 0 Å². The highest BCUT2D eigenvalue weighted by atomic mass is 32.2. The molecule has 1 unspecified atom stereocenters. The fraction of sp³-hybridized carbons (Fsp3) is 0.400. The highest BCUT2D eigenvalue weighted by Crippen LogP contribution is 2.16. The van der Waals surface area contributed by atoms with Gasteiger partial charge in [-0.05, 0) is 24.6 Å². The lowest BCUT2D eigenvalue weighted by atomic mass is 10.2. The fourth-order valence-electron chi connectivity index (χ4n) is 1.18. The number of hydrogen-bond acceptors (Lipinski definition) is 3. The van der Waals surface area contributed by atoms with Crippen LogP contribution in [0.4, 0.5) is 13.2 Å². The molecule has 1 atom stereocenters. The minimum atomic E-state index is -4.26. The minimum Gasteiger partial charge on any atom is -0.386 e. The van der Waals surface area contributed by atoms with E-state index in [1.807, 2.05) is 0 Å². The van der Waals surface area contributed by atoms with Crippen molar-refractivity contribution in [2.45, 2.75) is 24.3 Å². The molecule has 2 N–H and O–H groups in total. The largest absolute Gasteiger partial charge is 0.386 e. The zero-order chi connectivity index (χ0) is 13.9. The van der Waals surface area contributed by atoms with Crippen molar-refractivity contribution in [1.29, 1.82) is 0 Å². The second-order valence-corrected chi connectivity index (χ2v) is 5.42. The number of benzene rings is 1. The smallest absolute Gasteiger partial charge is 0.265 e. The molecule has 4 nitrogen and oxygen atoms in total. The summed E-state index contributed by atoms with van der Waals surface area (Å²) in [7, 11) is -4.26. The van der Waals surface area contributed by atoms with Crippen molar-refractivity contribution in [1.82, 2.24) is 4.72 Å². The first-order chi connectivity index (χ1) is 8.24. The summed E-state index contributed by atoms with van der Waals surface area (Å²) in [4.78, 5) is -0.635. The Balaban J connectivity index is 2.90. The summed E-state index contributed by atoms with van der Waals surface area (Å²) in [6, 6.07) is 3.42. The predicted molar refractivity (Wildman–Crippen MR) is 58.3 cm³/mol. The second kappa shape index (κ2) is 5.68. The lowest BCUT2D eigenvalue weighted by Gasteiger charge is -2.12. The van der Waals surface area contributed by atoms with E-state index in [0.29, 0.717) is 5.56 Å². The molecule has 0 saturated heterocycles. The molecule has 0 aliphatic heterocycles. The number of halogens is 3. The number of aliphatic hydroxyl groups is 1. The van der Waals surface area contributed by atoms with Crippen molar-refractivity contribution < 1.29 is 26.7 Å². The van der Waals surface area contributed by atoms with E-state index in [9.17, 15) is 21.6 Å². The average molecular weight is 283 g/mol. The highest BCUT2D eigenvalue weighted by Gasteiger charge is 2.23. The molecule has 0 amide bonds. The van der Waals surface area contributed by atoms with Gasteiger partial charge in [0.05, 0.1) is 0 Å². The summed E-state index contributed by atoms with van der Waals surface area (Å²) in [6.07, 6.45) is -5.21. The summed E-state index contributed by atoms with van der Waals surface area (Å²) in [6.45, 7) is 0.680. The van der Waals surface area contributed by atoms with Crippen molar-refractivity contribution in [3.05, 3.63) is 29.6 Å². The van der Waals surface area contributed by atoms with E-state index >= 15 is 0 Å². The van der Waals surface area contributed by atoms with Gasteiger partial charge in [0.25, 0.3) is 6.43 Å². The zero-order valence-corrected chi connectivity index (χ0v) is 10.2. The van der Waals surface area contributed by atoms with Gasteiger partial charge in [0.1, 0.15) is 16.8 Å². The van der Waals surface area contributed by atoms with Gasteiger partial charge in [-0.15, -0.1) is 0 Å².